The number of carbonyl (C=O) groups excluding carboxylic acids is 2. The highest BCUT2D eigenvalue weighted by molar-refractivity contribution is 5.81. The first-order chi connectivity index (χ1) is 9.20. The lowest BCUT2D eigenvalue weighted by Crippen LogP contribution is -2.38. The average molecular weight is 263 g/mol. The second-order valence-electron chi connectivity index (χ2n) is 4.39. The monoisotopic (exact) mass is 263 g/mol. The summed E-state index contributed by atoms with van der Waals surface area (Å²) in [6.45, 7) is 1.07. The third-order valence-electron chi connectivity index (χ3n) is 3.12. The van der Waals surface area contributed by atoms with Crippen LogP contribution in [0.4, 0.5) is 4.79 Å². The fourth-order valence-electron chi connectivity index (χ4n) is 1.99. The van der Waals surface area contributed by atoms with Crippen molar-refractivity contribution < 1.29 is 19.1 Å². The minimum atomic E-state index is -0.376. The highest BCUT2D eigenvalue weighted by Gasteiger charge is 2.21. The summed E-state index contributed by atoms with van der Waals surface area (Å²) in [7, 11) is 1.58. The average Bonchev–Trinajstić information content (AvgIpc) is 2.45. The van der Waals surface area contributed by atoms with E-state index in [0.29, 0.717) is 31.7 Å². The van der Waals surface area contributed by atoms with Gasteiger partial charge in [-0.2, -0.15) is 0 Å². The predicted molar refractivity (Wildman–Crippen MR) is 69.0 cm³/mol. The normalized spacial score (nSPS) is 15.2. The molecule has 1 amide bonds. The summed E-state index contributed by atoms with van der Waals surface area (Å²) in [6, 6.07) is 7.40. The number of benzene rings is 1. The van der Waals surface area contributed by atoms with Gasteiger partial charge in [-0.05, 0) is 6.07 Å². The number of methoxy groups -OCH3 is 1. The minimum absolute atomic E-state index is 0.174. The van der Waals surface area contributed by atoms with Gasteiger partial charge in [0, 0.05) is 31.5 Å². The summed E-state index contributed by atoms with van der Waals surface area (Å²) in [4.78, 5) is 24.5. The van der Waals surface area contributed by atoms with Crippen molar-refractivity contribution in [1.82, 2.24) is 4.90 Å². The summed E-state index contributed by atoms with van der Waals surface area (Å²) >= 11 is 0. The molecule has 1 aliphatic heterocycles. The van der Waals surface area contributed by atoms with Crippen LogP contribution in [0, 0.1) is 0 Å². The largest absolute Gasteiger partial charge is 0.496 e. The maximum atomic E-state index is 11.8. The zero-order chi connectivity index (χ0) is 13.7. The molecule has 1 heterocycles. The maximum absolute atomic E-state index is 11.8. The van der Waals surface area contributed by atoms with Crippen LogP contribution in [0.15, 0.2) is 24.3 Å². The molecule has 1 fully saturated rings. The van der Waals surface area contributed by atoms with Gasteiger partial charge >= 0.3 is 6.09 Å². The Labute approximate surface area is 112 Å². The molecule has 5 nitrogen and oxygen atoms in total. The van der Waals surface area contributed by atoms with E-state index in [1.54, 1.807) is 12.0 Å². The molecule has 1 aromatic carbocycles. The number of piperidine rings is 1. The van der Waals surface area contributed by atoms with Gasteiger partial charge in [0.2, 0.25) is 0 Å². The van der Waals surface area contributed by atoms with Crippen molar-refractivity contribution in [3.8, 4) is 5.75 Å². The van der Waals surface area contributed by atoms with Gasteiger partial charge in [0.15, 0.2) is 0 Å². The molecule has 0 N–H and O–H groups in total. The molecule has 0 spiro atoms. The summed E-state index contributed by atoms with van der Waals surface area (Å²) in [5.41, 5.74) is 0.825. The van der Waals surface area contributed by atoms with E-state index in [1.165, 1.54) is 0 Å². The number of nitrogens with zero attached hydrogens (tertiary/aromatic N) is 1. The lowest BCUT2D eigenvalue weighted by molar-refractivity contribution is -0.121. The Kier molecular flexibility index (Phi) is 4.39. The summed E-state index contributed by atoms with van der Waals surface area (Å²) in [5, 5.41) is 0. The van der Waals surface area contributed by atoms with Gasteiger partial charge in [0.05, 0.1) is 7.11 Å². The number of carbonyl (C=O) groups is 2. The van der Waals surface area contributed by atoms with Gasteiger partial charge in [-0.1, -0.05) is 18.2 Å². The SMILES string of the molecule is COc1ccccc1COC(=O)N1CCC(=O)CC1. The second-order valence-corrected chi connectivity index (χ2v) is 4.39. The smallest absolute Gasteiger partial charge is 0.410 e. The molecular formula is C14H17NO4. The van der Waals surface area contributed by atoms with Crippen LogP contribution in [0.1, 0.15) is 18.4 Å². The minimum Gasteiger partial charge on any atom is -0.496 e. The first-order valence-electron chi connectivity index (χ1n) is 6.26. The summed E-state index contributed by atoms with van der Waals surface area (Å²) < 4.78 is 10.4. The maximum Gasteiger partial charge on any atom is 0.410 e. The molecule has 0 radical (unpaired) electrons. The summed E-state index contributed by atoms with van der Waals surface area (Å²) in [5.74, 6) is 0.901. The van der Waals surface area contributed by atoms with Crippen molar-refractivity contribution in [1.29, 1.82) is 0 Å². The van der Waals surface area contributed by atoms with E-state index in [4.69, 9.17) is 9.47 Å². The molecule has 0 atom stereocenters. The van der Waals surface area contributed by atoms with Gasteiger partial charge < -0.3 is 14.4 Å². The number of para-hydroxylation sites is 1. The number of hydrogen-bond acceptors (Lipinski definition) is 4. The topological polar surface area (TPSA) is 55.8 Å². The number of Topliss-reactive ketones (excluding diaryl/α,β-unsaturated/α-hetero) is 1. The Balaban J connectivity index is 1.88. The van der Waals surface area contributed by atoms with Crippen LogP contribution < -0.4 is 4.74 Å². The van der Waals surface area contributed by atoms with Crippen LogP contribution in [0.3, 0.4) is 0 Å². The molecule has 0 saturated carbocycles. The lowest BCUT2D eigenvalue weighted by atomic mass is 10.1. The third kappa shape index (κ3) is 3.47. The number of ketones is 1. The van der Waals surface area contributed by atoms with Crippen LogP contribution >= 0.6 is 0 Å². The number of hydrogen-bond donors (Lipinski definition) is 0. The fourth-order valence-corrected chi connectivity index (χ4v) is 1.99. The van der Waals surface area contributed by atoms with Gasteiger partial charge in [-0.25, -0.2) is 4.79 Å². The zero-order valence-corrected chi connectivity index (χ0v) is 10.9. The van der Waals surface area contributed by atoms with E-state index in [-0.39, 0.29) is 18.5 Å². The van der Waals surface area contributed by atoms with Crippen LogP contribution in [0.5, 0.6) is 5.75 Å². The van der Waals surface area contributed by atoms with Crippen molar-refractivity contribution in [3.63, 3.8) is 0 Å². The molecule has 5 heteroatoms. The summed E-state index contributed by atoms with van der Waals surface area (Å²) in [6.07, 6.45) is 0.464. The van der Waals surface area contributed by atoms with Crippen molar-refractivity contribution in [2.24, 2.45) is 0 Å². The highest BCUT2D eigenvalue weighted by Crippen LogP contribution is 2.18. The molecule has 1 saturated heterocycles. The highest BCUT2D eigenvalue weighted by atomic mass is 16.6. The first-order valence-corrected chi connectivity index (χ1v) is 6.26. The molecule has 2 rings (SSSR count). The first kappa shape index (κ1) is 13.4. The number of amides is 1. The zero-order valence-electron chi connectivity index (χ0n) is 10.9. The Bertz CT molecular complexity index is 462. The lowest BCUT2D eigenvalue weighted by Gasteiger charge is -2.25. The van der Waals surface area contributed by atoms with E-state index in [0.717, 1.165) is 5.56 Å². The van der Waals surface area contributed by atoms with Gasteiger partial charge in [-0.3, -0.25) is 4.79 Å². The van der Waals surface area contributed by atoms with E-state index in [1.807, 2.05) is 24.3 Å². The van der Waals surface area contributed by atoms with Crippen molar-refractivity contribution in [2.45, 2.75) is 19.4 Å². The fraction of sp³-hybridized carbons (Fsp3) is 0.429. The quantitative estimate of drug-likeness (QED) is 0.837. The Morgan fingerprint density at radius 2 is 1.95 bits per heavy atom. The molecule has 1 aliphatic rings. The molecule has 0 bridgehead atoms. The van der Waals surface area contributed by atoms with Crippen LogP contribution in [-0.4, -0.2) is 37.0 Å². The number of rotatable bonds is 3. The van der Waals surface area contributed by atoms with E-state index in [2.05, 4.69) is 0 Å². The van der Waals surface area contributed by atoms with Crippen LogP contribution in [0.2, 0.25) is 0 Å². The molecule has 0 aliphatic carbocycles. The predicted octanol–water partition coefficient (Wildman–Crippen LogP) is 2.00. The van der Waals surface area contributed by atoms with Gasteiger partial charge in [0.25, 0.3) is 0 Å². The van der Waals surface area contributed by atoms with Gasteiger partial charge in [-0.15, -0.1) is 0 Å². The third-order valence-corrected chi connectivity index (χ3v) is 3.12. The van der Waals surface area contributed by atoms with Crippen molar-refractivity contribution in [3.05, 3.63) is 29.8 Å². The van der Waals surface area contributed by atoms with E-state index >= 15 is 0 Å². The molecule has 102 valence electrons. The van der Waals surface area contributed by atoms with E-state index < -0.39 is 0 Å². The van der Waals surface area contributed by atoms with Crippen LogP contribution in [-0.2, 0) is 16.1 Å². The molecule has 0 aromatic heterocycles. The van der Waals surface area contributed by atoms with Crippen LogP contribution in [0.25, 0.3) is 0 Å². The molecule has 0 unspecified atom stereocenters. The Morgan fingerprint density at radius 1 is 1.26 bits per heavy atom. The van der Waals surface area contributed by atoms with Crippen molar-refractivity contribution in [2.75, 3.05) is 20.2 Å². The number of ether oxygens (including phenoxy) is 2. The Morgan fingerprint density at radius 3 is 2.63 bits per heavy atom. The Hall–Kier alpha value is -2.04. The van der Waals surface area contributed by atoms with Gasteiger partial charge in [0.1, 0.15) is 18.1 Å². The van der Waals surface area contributed by atoms with Crippen molar-refractivity contribution >= 4 is 11.9 Å². The molecule has 19 heavy (non-hydrogen) atoms. The standard InChI is InChI=1S/C14H17NO4/c1-18-13-5-3-2-4-11(13)10-19-14(17)15-8-6-12(16)7-9-15/h2-5H,6-10H2,1H3. The number of likely N-dealkylation sites (tertiary alicyclic amines) is 1. The molecule has 1 aromatic rings. The second kappa shape index (κ2) is 6.22. The van der Waals surface area contributed by atoms with E-state index in [9.17, 15) is 9.59 Å². The molecular weight excluding hydrogens is 246 g/mol.